The summed E-state index contributed by atoms with van der Waals surface area (Å²) >= 11 is 0. The summed E-state index contributed by atoms with van der Waals surface area (Å²) in [6.07, 6.45) is 7.58. The van der Waals surface area contributed by atoms with Gasteiger partial charge in [0.2, 0.25) is 0 Å². The second kappa shape index (κ2) is 7.88. The van der Waals surface area contributed by atoms with E-state index in [9.17, 15) is 9.59 Å². The van der Waals surface area contributed by atoms with Gasteiger partial charge in [-0.1, -0.05) is 43.2 Å². The Kier molecular flexibility index (Phi) is 5.38. The molecule has 0 spiro atoms. The lowest BCUT2D eigenvalue weighted by atomic mass is 9.80. The van der Waals surface area contributed by atoms with Crippen molar-refractivity contribution in [3.63, 3.8) is 0 Å². The number of nitrogens with one attached hydrogen (secondary N) is 1. The second-order valence-corrected chi connectivity index (χ2v) is 6.41. The van der Waals surface area contributed by atoms with Gasteiger partial charge >= 0.3 is 5.97 Å². The van der Waals surface area contributed by atoms with Gasteiger partial charge in [-0.3, -0.25) is 4.79 Å². The van der Waals surface area contributed by atoms with Gasteiger partial charge in [-0.05, 0) is 30.7 Å². The minimum atomic E-state index is -1.16. The normalized spacial score (nSPS) is 20.0. The monoisotopic (exact) mass is 339 g/mol. The van der Waals surface area contributed by atoms with Gasteiger partial charge in [-0.2, -0.15) is 0 Å². The maximum atomic E-state index is 12.4. The average molecular weight is 339 g/mol. The largest absolute Gasteiger partial charge is 0.476 e. The van der Waals surface area contributed by atoms with Crippen LogP contribution in [0.25, 0.3) is 0 Å². The number of carboxylic acid groups (broad SMARTS) is 1. The van der Waals surface area contributed by atoms with E-state index in [0.29, 0.717) is 5.92 Å². The van der Waals surface area contributed by atoms with E-state index in [4.69, 9.17) is 5.11 Å². The number of aromatic carboxylic acids is 1. The summed E-state index contributed by atoms with van der Waals surface area (Å²) in [4.78, 5) is 30.9. The fraction of sp³-hybridized carbons (Fsp3) is 0.368. The zero-order valence-corrected chi connectivity index (χ0v) is 13.9. The molecule has 1 amide bonds. The number of nitrogens with zero attached hydrogens (tertiary/aromatic N) is 2. The Morgan fingerprint density at radius 1 is 1.04 bits per heavy atom. The minimum absolute atomic E-state index is 0.0995. The Morgan fingerprint density at radius 3 is 2.40 bits per heavy atom. The van der Waals surface area contributed by atoms with Crippen LogP contribution >= 0.6 is 0 Å². The van der Waals surface area contributed by atoms with Gasteiger partial charge in [0.1, 0.15) is 5.69 Å². The summed E-state index contributed by atoms with van der Waals surface area (Å²) in [5.41, 5.74) is 1.25. The van der Waals surface area contributed by atoms with Crippen LogP contribution in [0.4, 0.5) is 0 Å². The zero-order chi connectivity index (χ0) is 17.6. The van der Waals surface area contributed by atoms with Gasteiger partial charge in [0, 0.05) is 6.04 Å². The summed E-state index contributed by atoms with van der Waals surface area (Å²) < 4.78 is 0. The van der Waals surface area contributed by atoms with E-state index >= 15 is 0 Å². The molecule has 130 valence electrons. The van der Waals surface area contributed by atoms with Crippen molar-refractivity contribution in [2.45, 2.75) is 38.1 Å². The van der Waals surface area contributed by atoms with Crippen molar-refractivity contribution in [2.24, 2.45) is 5.92 Å². The molecule has 1 aliphatic rings. The van der Waals surface area contributed by atoms with Crippen LogP contribution in [0, 0.1) is 5.92 Å². The fourth-order valence-electron chi connectivity index (χ4n) is 3.36. The number of carbonyl (C=O) groups excluding carboxylic acids is 1. The van der Waals surface area contributed by atoms with Crippen LogP contribution in [0.2, 0.25) is 0 Å². The molecule has 2 unspecified atom stereocenters. The molecule has 2 N–H and O–H groups in total. The molecule has 1 aliphatic carbocycles. The number of amides is 1. The molecule has 0 bridgehead atoms. The summed E-state index contributed by atoms with van der Waals surface area (Å²) in [5.74, 6) is -1.06. The molecule has 2 atom stereocenters. The molecular formula is C19H21N3O3. The van der Waals surface area contributed by atoms with Gasteiger partial charge in [-0.25, -0.2) is 14.8 Å². The maximum absolute atomic E-state index is 12.4. The van der Waals surface area contributed by atoms with E-state index in [1.54, 1.807) is 0 Å². The first-order valence-electron chi connectivity index (χ1n) is 8.53. The molecule has 6 heteroatoms. The molecule has 1 aromatic heterocycles. The van der Waals surface area contributed by atoms with Crippen LogP contribution in [0.1, 0.15) is 52.2 Å². The van der Waals surface area contributed by atoms with Crippen LogP contribution in [0.5, 0.6) is 0 Å². The molecule has 2 aromatic rings. The van der Waals surface area contributed by atoms with E-state index < -0.39 is 5.97 Å². The van der Waals surface area contributed by atoms with Crippen LogP contribution in [0.3, 0.4) is 0 Å². The highest BCUT2D eigenvalue weighted by molar-refractivity contribution is 5.92. The van der Waals surface area contributed by atoms with Crippen molar-refractivity contribution in [1.29, 1.82) is 0 Å². The van der Waals surface area contributed by atoms with Crippen LogP contribution < -0.4 is 5.32 Å². The summed E-state index contributed by atoms with van der Waals surface area (Å²) in [5, 5.41) is 11.9. The predicted octanol–water partition coefficient (Wildman–Crippen LogP) is 2.71. The van der Waals surface area contributed by atoms with Crippen molar-refractivity contribution in [2.75, 3.05) is 0 Å². The van der Waals surface area contributed by atoms with E-state index in [1.165, 1.54) is 18.2 Å². The van der Waals surface area contributed by atoms with E-state index in [-0.39, 0.29) is 23.3 Å². The van der Waals surface area contributed by atoms with Gasteiger partial charge in [0.25, 0.3) is 5.91 Å². The molecule has 25 heavy (non-hydrogen) atoms. The smallest absolute Gasteiger partial charge is 0.356 e. The molecule has 1 aromatic carbocycles. The Hall–Kier alpha value is -2.76. The molecule has 1 heterocycles. The summed E-state index contributed by atoms with van der Waals surface area (Å²) in [6, 6.07) is 10.4. The molecule has 0 radical (unpaired) electrons. The number of carboxylic acids is 1. The molecule has 0 saturated heterocycles. The highest BCUT2D eigenvalue weighted by Crippen LogP contribution is 2.27. The Labute approximate surface area is 146 Å². The number of hydrogen-bond donors (Lipinski definition) is 2. The van der Waals surface area contributed by atoms with Crippen molar-refractivity contribution < 1.29 is 14.7 Å². The lowest BCUT2D eigenvalue weighted by molar-refractivity contribution is 0.0688. The zero-order valence-electron chi connectivity index (χ0n) is 13.9. The lowest BCUT2D eigenvalue weighted by Crippen LogP contribution is -2.43. The number of hydrogen-bond acceptors (Lipinski definition) is 4. The van der Waals surface area contributed by atoms with Crippen LogP contribution in [-0.2, 0) is 6.42 Å². The Balaban J connectivity index is 1.66. The van der Waals surface area contributed by atoms with E-state index in [1.807, 2.05) is 18.2 Å². The SMILES string of the molecule is O=C(O)c1cnc(C(=O)NC2CCCCC2Cc2ccccc2)cn1. The minimum Gasteiger partial charge on any atom is -0.476 e. The van der Waals surface area contributed by atoms with Crippen molar-refractivity contribution in [3.8, 4) is 0 Å². The third-order valence-corrected chi connectivity index (χ3v) is 4.67. The van der Waals surface area contributed by atoms with Gasteiger partial charge in [0.05, 0.1) is 12.4 Å². The molecule has 0 aliphatic heterocycles. The number of rotatable bonds is 5. The molecular weight excluding hydrogens is 318 g/mol. The van der Waals surface area contributed by atoms with Crippen molar-refractivity contribution in [3.05, 3.63) is 59.7 Å². The van der Waals surface area contributed by atoms with Crippen LogP contribution in [0.15, 0.2) is 42.7 Å². The van der Waals surface area contributed by atoms with Crippen molar-refractivity contribution in [1.82, 2.24) is 15.3 Å². The summed E-state index contributed by atoms with van der Waals surface area (Å²) in [7, 11) is 0. The van der Waals surface area contributed by atoms with Gasteiger partial charge in [-0.15, -0.1) is 0 Å². The Morgan fingerprint density at radius 2 is 1.72 bits per heavy atom. The number of aromatic nitrogens is 2. The molecule has 1 fully saturated rings. The highest BCUT2D eigenvalue weighted by Gasteiger charge is 2.27. The van der Waals surface area contributed by atoms with Gasteiger partial charge < -0.3 is 10.4 Å². The quantitative estimate of drug-likeness (QED) is 0.874. The van der Waals surface area contributed by atoms with Gasteiger partial charge in [0.15, 0.2) is 5.69 Å². The Bertz CT molecular complexity index is 731. The third-order valence-electron chi connectivity index (χ3n) is 4.67. The third kappa shape index (κ3) is 4.41. The molecule has 1 saturated carbocycles. The highest BCUT2D eigenvalue weighted by atomic mass is 16.4. The first-order valence-corrected chi connectivity index (χ1v) is 8.53. The topological polar surface area (TPSA) is 92.2 Å². The molecule has 3 rings (SSSR count). The lowest BCUT2D eigenvalue weighted by Gasteiger charge is -2.32. The fourth-order valence-corrected chi connectivity index (χ4v) is 3.36. The van der Waals surface area contributed by atoms with Crippen LogP contribution in [-0.4, -0.2) is 33.0 Å². The maximum Gasteiger partial charge on any atom is 0.356 e. The van der Waals surface area contributed by atoms with E-state index in [0.717, 1.165) is 31.9 Å². The standard InChI is InChI=1S/C19H21N3O3/c23-18(16-11-21-17(12-20-16)19(24)25)22-15-9-5-4-8-14(15)10-13-6-2-1-3-7-13/h1-3,6-7,11-12,14-15H,4-5,8-10H2,(H,22,23)(H,24,25). The second-order valence-electron chi connectivity index (χ2n) is 6.41. The first-order chi connectivity index (χ1) is 12.1. The summed E-state index contributed by atoms with van der Waals surface area (Å²) in [6.45, 7) is 0. The average Bonchev–Trinajstić information content (AvgIpc) is 2.64. The predicted molar refractivity (Wildman–Crippen MR) is 92.3 cm³/mol. The number of carbonyl (C=O) groups is 2. The van der Waals surface area contributed by atoms with E-state index in [2.05, 4.69) is 27.4 Å². The molecule has 6 nitrogen and oxygen atoms in total. The number of benzene rings is 1. The van der Waals surface area contributed by atoms with Crippen molar-refractivity contribution >= 4 is 11.9 Å². The first kappa shape index (κ1) is 17.1.